The lowest BCUT2D eigenvalue weighted by Gasteiger charge is -2.25. The van der Waals surface area contributed by atoms with Crippen molar-refractivity contribution in [1.82, 2.24) is 4.90 Å². The van der Waals surface area contributed by atoms with Crippen LogP contribution in [0.25, 0.3) is 0 Å². The molecule has 0 unspecified atom stereocenters. The fourth-order valence-corrected chi connectivity index (χ4v) is 2.50. The molecule has 1 aromatic rings. The van der Waals surface area contributed by atoms with Gasteiger partial charge >= 0.3 is 0 Å². The third kappa shape index (κ3) is 3.55. The molecule has 2 heterocycles. The Bertz CT molecular complexity index is 475. The molecular weight excluding hydrogens is 280 g/mol. The summed E-state index contributed by atoms with van der Waals surface area (Å²) >= 11 is 0. The maximum absolute atomic E-state index is 12.0. The van der Waals surface area contributed by atoms with Crippen molar-refractivity contribution in [1.29, 1.82) is 0 Å². The summed E-state index contributed by atoms with van der Waals surface area (Å²) in [5, 5.41) is 2.90. The Labute approximate surface area is 124 Å². The number of piperidine rings is 1. The van der Waals surface area contributed by atoms with Gasteiger partial charge in [-0.2, -0.15) is 0 Å². The van der Waals surface area contributed by atoms with Gasteiger partial charge in [0.05, 0.1) is 6.54 Å². The van der Waals surface area contributed by atoms with Crippen LogP contribution in [0.3, 0.4) is 0 Å². The molecule has 5 nitrogen and oxygen atoms in total. The van der Waals surface area contributed by atoms with Crippen molar-refractivity contribution < 1.29 is 14.3 Å². The lowest BCUT2D eigenvalue weighted by Crippen LogP contribution is -2.36. The molecule has 3 rings (SSSR count). The first-order valence-corrected chi connectivity index (χ1v) is 6.73. The summed E-state index contributed by atoms with van der Waals surface area (Å²) in [4.78, 5) is 14.2. The summed E-state index contributed by atoms with van der Waals surface area (Å²) in [6, 6.07) is 5.46. The Hall–Kier alpha value is -1.46. The highest BCUT2D eigenvalue weighted by Crippen LogP contribution is 2.34. The van der Waals surface area contributed by atoms with Crippen LogP contribution < -0.4 is 14.8 Å². The van der Waals surface area contributed by atoms with Gasteiger partial charge in [-0.15, -0.1) is 12.4 Å². The number of ether oxygens (including phenoxy) is 2. The third-order valence-corrected chi connectivity index (χ3v) is 3.47. The molecular formula is C14H19ClN2O3. The molecule has 20 heavy (non-hydrogen) atoms. The van der Waals surface area contributed by atoms with Crippen LogP contribution >= 0.6 is 12.4 Å². The quantitative estimate of drug-likeness (QED) is 0.930. The Kier molecular flexibility index (Phi) is 5.09. The van der Waals surface area contributed by atoms with Crippen molar-refractivity contribution in [2.45, 2.75) is 19.3 Å². The van der Waals surface area contributed by atoms with Crippen LogP contribution in [0.4, 0.5) is 5.69 Å². The summed E-state index contributed by atoms with van der Waals surface area (Å²) in [5.74, 6) is 1.45. The third-order valence-electron chi connectivity index (χ3n) is 3.47. The topological polar surface area (TPSA) is 50.8 Å². The van der Waals surface area contributed by atoms with E-state index in [9.17, 15) is 4.79 Å². The number of likely N-dealkylation sites (tertiary alicyclic amines) is 1. The fourth-order valence-electron chi connectivity index (χ4n) is 2.50. The van der Waals surface area contributed by atoms with E-state index in [2.05, 4.69) is 10.2 Å². The number of nitrogens with one attached hydrogen (secondary N) is 1. The van der Waals surface area contributed by atoms with Gasteiger partial charge in [-0.25, -0.2) is 0 Å². The van der Waals surface area contributed by atoms with Gasteiger partial charge in [0.25, 0.3) is 0 Å². The molecule has 1 N–H and O–H groups in total. The van der Waals surface area contributed by atoms with Crippen molar-refractivity contribution in [3.8, 4) is 11.5 Å². The number of hydrogen-bond acceptors (Lipinski definition) is 4. The Morgan fingerprint density at radius 3 is 2.70 bits per heavy atom. The normalized spacial score (nSPS) is 17.4. The van der Waals surface area contributed by atoms with E-state index in [1.54, 1.807) is 6.07 Å². The number of hydrogen-bond donors (Lipinski definition) is 1. The molecule has 1 fully saturated rings. The number of carbonyl (C=O) groups is 1. The van der Waals surface area contributed by atoms with E-state index in [1.807, 2.05) is 12.1 Å². The Morgan fingerprint density at radius 2 is 1.90 bits per heavy atom. The second-order valence-electron chi connectivity index (χ2n) is 4.95. The highest BCUT2D eigenvalue weighted by Gasteiger charge is 2.16. The average molecular weight is 299 g/mol. The summed E-state index contributed by atoms with van der Waals surface area (Å²) in [7, 11) is 0. The SMILES string of the molecule is Cl.O=C(CN1CCCCC1)Nc1ccc2c(c1)OCO2. The van der Waals surface area contributed by atoms with Crippen LogP contribution in [0.15, 0.2) is 18.2 Å². The molecule has 1 aromatic carbocycles. The van der Waals surface area contributed by atoms with E-state index < -0.39 is 0 Å². The summed E-state index contributed by atoms with van der Waals surface area (Å²) in [6.45, 7) is 2.76. The number of anilines is 1. The zero-order valence-electron chi connectivity index (χ0n) is 11.3. The van der Waals surface area contributed by atoms with E-state index in [4.69, 9.17) is 9.47 Å². The molecule has 0 atom stereocenters. The van der Waals surface area contributed by atoms with E-state index in [1.165, 1.54) is 19.3 Å². The van der Waals surface area contributed by atoms with Crippen LogP contribution in [-0.4, -0.2) is 37.2 Å². The van der Waals surface area contributed by atoms with Crippen molar-refractivity contribution in [3.63, 3.8) is 0 Å². The standard InChI is InChI=1S/C14H18N2O3.ClH/c17-14(9-16-6-2-1-3-7-16)15-11-4-5-12-13(8-11)19-10-18-12;/h4-5,8H,1-3,6-7,9-10H2,(H,15,17);1H. The summed E-state index contributed by atoms with van der Waals surface area (Å²) < 4.78 is 10.5. The summed E-state index contributed by atoms with van der Waals surface area (Å²) in [5.41, 5.74) is 0.756. The highest BCUT2D eigenvalue weighted by molar-refractivity contribution is 5.92. The largest absolute Gasteiger partial charge is 0.454 e. The number of halogens is 1. The number of rotatable bonds is 3. The van der Waals surface area contributed by atoms with Gasteiger partial charge < -0.3 is 14.8 Å². The Morgan fingerprint density at radius 1 is 1.15 bits per heavy atom. The monoisotopic (exact) mass is 298 g/mol. The van der Waals surface area contributed by atoms with Crippen LogP contribution in [-0.2, 0) is 4.79 Å². The molecule has 0 spiro atoms. The second-order valence-corrected chi connectivity index (χ2v) is 4.95. The number of amides is 1. The first-order valence-electron chi connectivity index (χ1n) is 6.73. The second kappa shape index (κ2) is 6.81. The predicted octanol–water partition coefficient (Wildman–Crippen LogP) is 2.26. The van der Waals surface area contributed by atoms with Gasteiger partial charge in [0.15, 0.2) is 11.5 Å². The zero-order chi connectivity index (χ0) is 13.1. The molecule has 0 aliphatic carbocycles. The van der Waals surface area contributed by atoms with Crippen molar-refractivity contribution in [2.75, 3.05) is 31.7 Å². The van der Waals surface area contributed by atoms with Gasteiger partial charge in [-0.3, -0.25) is 9.69 Å². The fraction of sp³-hybridized carbons (Fsp3) is 0.500. The molecule has 110 valence electrons. The number of nitrogens with zero attached hydrogens (tertiary/aromatic N) is 1. The van der Waals surface area contributed by atoms with E-state index >= 15 is 0 Å². The van der Waals surface area contributed by atoms with Crippen molar-refractivity contribution >= 4 is 24.0 Å². The molecule has 0 aromatic heterocycles. The average Bonchev–Trinajstić information content (AvgIpc) is 2.87. The highest BCUT2D eigenvalue weighted by atomic mass is 35.5. The maximum Gasteiger partial charge on any atom is 0.238 e. The summed E-state index contributed by atoms with van der Waals surface area (Å²) in [6.07, 6.45) is 3.66. The molecule has 6 heteroatoms. The molecule has 0 radical (unpaired) electrons. The molecule has 1 amide bonds. The van der Waals surface area contributed by atoms with Gasteiger partial charge in [-0.1, -0.05) is 6.42 Å². The van der Waals surface area contributed by atoms with Crippen LogP contribution in [0, 0.1) is 0 Å². The first kappa shape index (κ1) is 14.9. The van der Waals surface area contributed by atoms with E-state index in [-0.39, 0.29) is 25.1 Å². The van der Waals surface area contributed by atoms with Gasteiger partial charge in [0.1, 0.15) is 0 Å². The minimum atomic E-state index is 0. The van der Waals surface area contributed by atoms with Crippen molar-refractivity contribution in [2.24, 2.45) is 0 Å². The predicted molar refractivity (Wildman–Crippen MR) is 78.7 cm³/mol. The van der Waals surface area contributed by atoms with Gasteiger partial charge in [-0.05, 0) is 38.1 Å². The lowest BCUT2D eigenvalue weighted by molar-refractivity contribution is -0.117. The van der Waals surface area contributed by atoms with E-state index in [0.29, 0.717) is 12.3 Å². The van der Waals surface area contributed by atoms with Gasteiger partial charge in [0, 0.05) is 11.8 Å². The number of fused-ring (bicyclic) bond motifs is 1. The lowest BCUT2D eigenvalue weighted by atomic mass is 10.1. The molecule has 2 aliphatic heterocycles. The maximum atomic E-state index is 12.0. The minimum absolute atomic E-state index is 0. The number of benzene rings is 1. The number of carbonyl (C=O) groups excluding carboxylic acids is 1. The van der Waals surface area contributed by atoms with Crippen LogP contribution in [0.5, 0.6) is 11.5 Å². The molecule has 0 bridgehead atoms. The smallest absolute Gasteiger partial charge is 0.238 e. The first-order chi connectivity index (χ1) is 9.31. The molecule has 0 saturated carbocycles. The Balaban J connectivity index is 0.00000147. The molecule has 1 saturated heterocycles. The van der Waals surface area contributed by atoms with Gasteiger partial charge in [0.2, 0.25) is 12.7 Å². The van der Waals surface area contributed by atoms with Crippen LogP contribution in [0.1, 0.15) is 19.3 Å². The zero-order valence-corrected chi connectivity index (χ0v) is 12.1. The van der Waals surface area contributed by atoms with Crippen LogP contribution in [0.2, 0.25) is 0 Å². The minimum Gasteiger partial charge on any atom is -0.454 e. The molecule has 2 aliphatic rings. The van der Waals surface area contributed by atoms with Crippen molar-refractivity contribution in [3.05, 3.63) is 18.2 Å². The van der Waals surface area contributed by atoms with E-state index in [0.717, 1.165) is 24.5 Å².